The van der Waals surface area contributed by atoms with E-state index in [9.17, 15) is 14.9 Å². The van der Waals surface area contributed by atoms with Gasteiger partial charge in [0.05, 0.1) is 4.92 Å². The molecule has 4 aromatic rings. The molecule has 140 valence electrons. The number of hydrogen-bond donors (Lipinski definition) is 1. The van der Waals surface area contributed by atoms with Crippen molar-refractivity contribution < 1.29 is 9.72 Å². The second-order valence-electron chi connectivity index (χ2n) is 5.90. The summed E-state index contributed by atoms with van der Waals surface area (Å²) >= 11 is 5.83. The van der Waals surface area contributed by atoms with Crippen LogP contribution < -0.4 is 5.32 Å². The lowest BCUT2D eigenvalue weighted by Gasteiger charge is -2.02. The molecule has 1 amide bonds. The van der Waals surface area contributed by atoms with E-state index < -0.39 is 10.8 Å². The van der Waals surface area contributed by atoms with Gasteiger partial charge in [0.2, 0.25) is 0 Å². The second kappa shape index (κ2) is 6.74. The maximum atomic E-state index is 12.4. The fraction of sp³-hybridized carbons (Fsp3) is 0.0588. The van der Waals surface area contributed by atoms with Crippen molar-refractivity contribution in [2.45, 2.75) is 0 Å². The monoisotopic (exact) mass is 397 g/mol. The van der Waals surface area contributed by atoms with Crippen molar-refractivity contribution in [1.82, 2.24) is 24.4 Å². The Bertz CT molecular complexity index is 1210. The zero-order chi connectivity index (χ0) is 19.8. The molecule has 10 nitrogen and oxygen atoms in total. The standard InChI is InChI=1S/C17H12ClN7O3/c1-23-9-14(25(27)28)16(22-23)12-6-7-24-15(20-12)8-13(21-24)17(26)19-11-4-2-10(18)3-5-11/h2-9H,1H3,(H,19,26). The van der Waals surface area contributed by atoms with Gasteiger partial charge >= 0.3 is 5.69 Å². The van der Waals surface area contributed by atoms with Crippen LogP contribution in [-0.4, -0.2) is 35.2 Å². The maximum absolute atomic E-state index is 12.4. The first-order valence-electron chi connectivity index (χ1n) is 8.02. The van der Waals surface area contributed by atoms with Crippen molar-refractivity contribution in [2.24, 2.45) is 7.05 Å². The molecule has 0 radical (unpaired) electrons. The van der Waals surface area contributed by atoms with E-state index >= 15 is 0 Å². The summed E-state index contributed by atoms with van der Waals surface area (Å²) in [7, 11) is 1.59. The first-order chi connectivity index (χ1) is 13.4. The van der Waals surface area contributed by atoms with Crippen LogP contribution in [0.15, 0.2) is 48.8 Å². The first kappa shape index (κ1) is 17.6. The molecule has 0 fully saturated rings. The summed E-state index contributed by atoms with van der Waals surface area (Å²) in [5.74, 6) is -0.418. The van der Waals surface area contributed by atoms with E-state index in [1.165, 1.54) is 21.5 Å². The number of anilines is 1. The van der Waals surface area contributed by atoms with Crippen LogP contribution in [0.2, 0.25) is 5.02 Å². The highest BCUT2D eigenvalue weighted by Gasteiger charge is 2.22. The van der Waals surface area contributed by atoms with E-state index in [1.54, 1.807) is 43.6 Å². The van der Waals surface area contributed by atoms with Crippen LogP contribution in [0.4, 0.5) is 11.4 Å². The largest absolute Gasteiger partial charge is 0.321 e. The Balaban J connectivity index is 1.66. The van der Waals surface area contributed by atoms with Crippen LogP contribution in [0.1, 0.15) is 10.5 Å². The number of carbonyl (C=O) groups excluding carboxylic acids is 1. The van der Waals surface area contributed by atoms with Crippen LogP contribution in [0.25, 0.3) is 17.0 Å². The molecule has 4 rings (SSSR count). The number of halogens is 1. The van der Waals surface area contributed by atoms with Crippen molar-refractivity contribution in [3.05, 3.63) is 69.6 Å². The first-order valence-corrected chi connectivity index (χ1v) is 8.40. The fourth-order valence-electron chi connectivity index (χ4n) is 2.64. The number of benzene rings is 1. The minimum Gasteiger partial charge on any atom is -0.321 e. The summed E-state index contributed by atoms with van der Waals surface area (Å²) in [5, 5.41) is 22.8. The van der Waals surface area contributed by atoms with E-state index in [0.717, 1.165) is 0 Å². The third-order valence-corrected chi connectivity index (χ3v) is 4.16. The van der Waals surface area contributed by atoms with E-state index in [2.05, 4.69) is 20.5 Å². The zero-order valence-corrected chi connectivity index (χ0v) is 15.2. The average Bonchev–Trinajstić information content (AvgIpc) is 3.26. The number of nitrogens with zero attached hydrogens (tertiary/aromatic N) is 6. The van der Waals surface area contributed by atoms with Crippen LogP contribution >= 0.6 is 11.6 Å². The smallest absolute Gasteiger partial charge is 0.316 e. The molecule has 28 heavy (non-hydrogen) atoms. The summed E-state index contributed by atoms with van der Waals surface area (Å²) in [6.07, 6.45) is 2.87. The molecule has 0 bridgehead atoms. The Morgan fingerprint density at radius 1 is 1.21 bits per heavy atom. The Morgan fingerprint density at radius 3 is 2.68 bits per heavy atom. The second-order valence-corrected chi connectivity index (χ2v) is 6.34. The predicted molar refractivity (Wildman–Crippen MR) is 101 cm³/mol. The van der Waals surface area contributed by atoms with E-state index in [4.69, 9.17) is 11.6 Å². The molecule has 0 saturated carbocycles. The molecule has 11 heteroatoms. The zero-order valence-electron chi connectivity index (χ0n) is 14.4. The Labute approximate surface area is 162 Å². The normalized spacial score (nSPS) is 10.9. The Morgan fingerprint density at radius 2 is 1.96 bits per heavy atom. The molecule has 0 aliphatic carbocycles. The van der Waals surface area contributed by atoms with Crippen molar-refractivity contribution in [3.63, 3.8) is 0 Å². The quantitative estimate of drug-likeness (QED) is 0.417. The van der Waals surface area contributed by atoms with Crippen LogP contribution in [0.3, 0.4) is 0 Å². The number of aryl methyl sites for hydroxylation is 1. The molecule has 0 unspecified atom stereocenters. The lowest BCUT2D eigenvalue weighted by Crippen LogP contribution is -2.12. The summed E-state index contributed by atoms with van der Waals surface area (Å²) in [6.45, 7) is 0. The van der Waals surface area contributed by atoms with E-state index in [-0.39, 0.29) is 17.1 Å². The number of aromatic nitrogens is 5. The molecule has 3 heterocycles. The van der Waals surface area contributed by atoms with Gasteiger partial charge in [-0.1, -0.05) is 11.6 Å². The third kappa shape index (κ3) is 3.28. The molecular weight excluding hydrogens is 386 g/mol. The van der Waals surface area contributed by atoms with Crippen LogP contribution in [0, 0.1) is 10.1 Å². The lowest BCUT2D eigenvalue weighted by atomic mass is 10.2. The number of carbonyl (C=O) groups is 1. The van der Waals surface area contributed by atoms with Crippen molar-refractivity contribution in [2.75, 3.05) is 5.32 Å². The summed E-state index contributed by atoms with van der Waals surface area (Å²) in [6, 6.07) is 9.71. The topological polar surface area (TPSA) is 120 Å². The van der Waals surface area contributed by atoms with Gasteiger partial charge in [0.1, 0.15) is 11.9 Å². The number of nitrogens with one attached hydrogen (secondary N) is 1. The van der Waals surface area contributed by atoms with E-state index in [1.807, 2.05) is 0 Å². The molecule has 3 aromatic heterocycles. The lowest BCUT2D eigenvalue weighted by molar-refractivity contribution is -0.384. The van der Waals surface area contributed by atoms with Gasteiger partial charge < -0.3 is 5.32 Å². The average molecular weight is 398 g/mol. The van der Waals surface area contributed by atoms with Gasteiger partial charge in [-0.3, -0.25) is 19.6 Å². The van der Waals surface area contributed by atoms with Gasteiger partial charge in [-0.2, -0.15) is 10.2 Å². The summed E-state index contributed by atoms with van der Waals surface area (Å²) in [4.78, 5) is 27.5. The highest BCUT2D eigenvalue weighted by atomic mass is 35.5. The van der Waals surface area contributed by atoms with E-state index in [0.29, 0.717) is 22.1 Å². The van der Waals surface area contributed by atoms with Gasteiger partial charge in [0, 0.05) is 30.0 Å². The summed E-state index contributed by atoms with van der Waals surface area (Å²) < 4.78 is 2.76. The molecule has 0 aliphatic heterocycles. The predicted octanol–water partition coefficient (Wildman–Crippen LogP) is 2.94. The highest BCUT2D eigenvalue weighted by molar-refractivity contribution is 6.30. The summed E-state index contributed by atoms with van der Waals surface area (Å²) in [5.41, 5.74) is 1.38. The van der Waals surface area contributed by atoms with Crippen molar-refractivity contribution in [1.29, 1.82) is 0 Å². The van der Waals surface area contributed by atoms with Gasteiger partial charge in [0.15, 0.2) is 17.0 Å². The molecule has 0 aliphatic rings. The van der Waals surface area contributed by atoms with Crippen molar-refractivity contribution >= 4 is 34.5 Å². The molecule has 0 saturated heterocycles. The Hall–Kier alpha value is -3.79. The SMILES string of the molecule is Cn1cc([N+](=O)[O-])c(-c2ccn3nc(C(=O)Nc4ccc(Cl)cc4)cc3n2)n1. The third-order valence-electron chi connectivity index (χ3n) is 3.91. The Kier molecular flexibility index (Phi) is 4.24. The van der Waals surface area contributed by atoms with Crippen LogP contribution in [-0.2, 0) is 7.05 Å². The minimum absolute atomic E-state index is 0.142. The molecular formula is C17H12ClN7O3. The fourth-order valence-corrected chi connectivity index (χ4v) is 2.77. The number of amides is 1. The van der Waals surface area contributed by atoms with Gasteiger partial charge in [-0.05, 0) is 30.3 Å². The highest BCUT2D eigenvalue weighted by Crippen LogP contribution is 2.26. The molecule has 1 aromatic carbocycles. The number of nitro groups is 1. The van der Waals surface area contributed by atoms with Gasteiger partial charge in [-0.15, -0.1) is 0 Å². The van der Waals surface area contributed by atoms with Crippen molar-refractivity contribution in [3.8, 4) is 11.4 Å². The van der Waals surface area contributed by atoms with Gasteiger partial charge in [0.25, 0.3) is 5.91 Å². The van der Waals surface area contributed by atoms with Crippen LogP contribution in [0.5, 0.6) is 0 Å². The minimum atomic E-state index is -0.518. The molecule has 0 atom stereocenters. The maximum Gasteiger partial charge on any atom is 0.316 e. The molecule has 1 N–H and O–H groups in total. The van der Waals surface area contributed by atoms with Gasteiger partial charge in [-0.25, -0.2) is 9.50 Å². The number of fused-ring (bicyclic) bond motifs is 1. The molecule has 0 spiro atoms. The number of rotatable bonds is 4. The number of hydrogen-bond acceptors (Lipinski definition) is 6.